The molecule has 0 atom stereocenters. The molecule has 1 saturated heterocycles. The first-order chi connectivity index (χ1) is 9.58. The van der Waals surface area contributed by atoms with Crippen molar-refractivity contribution < 1.29 is 9.21 Å². The molecule has 1 aliphatic heterocycles. The SMILES string of the molecule is CN(C)CCN(C(=O)c1ccco1)C1CCN(C)CC1. The Morgan fingerprint density at radius 3 is 2.60 bits per heavy atom. The molecule has 0 unspecified atom stereocenters. The lowest BCUT2D eigenvalue weighted by Crippen LogP contribution is -2.48. The van der Waals surface area contributed by atoms with Crippen molar-refractivity contribution in [1.82, 2.24) is 14.7 Å². The molecule has 0 saturated carbocycles. The van der Waals surface area contributed by atoms with Gasteiger partial charge in [0, 0.05) is 19.1 Å². The number of carbonyl (C=O) groups excluding carboxylic acids is 1. The van der Waals surface area contributed by atoms with Crippen LogP contribution in [0, 0.1) is 0 Å². The summed E-state index contributed by atoms with van der Waals surface area (Å²) in [5.41, 5.74) is 0. The molecule has 0 spiro atoms. The molecule has 5 nitrogen and oxygen atoms in total. The number of furan rings is 1. The molecule has 1 amide bonds. The number of piperidine rings is 1. The quantitative estimate of drug-likeness (QED) is 0.816. The maximum Gasteiger partial charge on any atom is 0.289 e. The topological polar surface area (TPSA) is 39.9 Å². The fraction of sp³-hybridized carbons (Fsp3) is 0.667. The second kappa shape index (κ2) is 6.90. The summed E-state index contributed by atoms with van der Waals surface area (Å²) in [5.74, 6) is 0.467. The summed E-state index contributed by atoms with van der Waals surface area (Å²) in [6, 6.07) is 3.84. The van der Waals surface area contributed by atoms with Crippen LogP contribution in [0.15, 0.2) is 22.8 Å². The lowest BCUT2D eigenvalue weighted by atomic mass is 10.0. The summed E-state index contributed by atoms with van der Waals surface area (Å²) in [5, 5.41) is 0. The van der Waals surface area contributed by atoms with Crippen molar-refractivity contribution >= 4 is 5.91 Å². The summed E-state index contributed by atoms with van der Waals surface area (Å²) in [7, 11) is 6.20. The van der Waals surface area contributed by atoms with E-state index in [4.69, 9.17) is 4.42 Å². The molecule has 5 heteroatoms. The smallest absolute Gasteiger partial charge is 0.289 e. The number of likely N-dealkylation sites (tertiary alicyclic amines) is 1. The van der Waals surface area contributed by atoms with Crippen LogP contribution < -0.4 is 0 Å². The van der Waals surface area contributed by atoms with Crippen molar-refractivity contribution in [2.24, 2.45) is 0 Å². The molecular weight excluding hydrogens is 254 g/mol. The molecule has 1 fully saturated rings. The predicted octanol–water partition coefficient (Wildman–Crippen LogP) is 1.38. The van der Waals surface area contributed by atoms with E-state index in [1.165, 1.54) is 0 Å². The van der Waals surface area contributed by atoms with E-state index in [1.54, 1.807) is 18.4 Å². The first kappa shape index (κ1) is 15.1. The van der Waals surface area contributed by atoms with Gasteiger partial charge in [-0.2, -0.15) is 0 Å². The standard InChI is InChI=1S/C15H25N3O2/c1-16(2)10-11-18(13-6-8-17(3)9-7-13)15(19)14-5-4-12-20-14/h4-5,12-13H,6-11H2,1-3H3. The van der Waals surface area contributed by atoms with Crippen LogP contribution >= 0.6 is 0 Å². The van der Waals surface area contributed by atoms with E-state index in [0.717, 1.165) is 39.0 Å². The van der Waals surface area contributed by atoms with Gasteiger partial charge in [-0.1, -0.05) is 0 Å². The number of carbonyl (C=O) groups is 1. The largest absolute Gasteiger partial charge is 0.459 e. The van der Waals surface area contributed by atoms with Crippen molar-refractivity contribution in [3.63, 3.8) is 0 Å². The van der Waals surface area contributed by atoms with E-state index in [0.29, 0.717) is 11.8 Å². The second-order valence-corrected chi connectivity index (χ2v) is 5.81. The summed E-state index contributed by atoms with van der Waals surface area (Å²) < 4.78 is 5.28. The zero-order valence-corrected chi connectivity index (χ0v) is 12.7. The molecule has 0 radical (unpaired) electrons. The van der Waals surface area contributed by atoms with Crippen molar-refractivity contribution in [2.45, 2.75) is 18.9 Å². The van der Waals surface area contributed by atoms with E-state index >= 15 is 0 Å². The van der Waals surface area contributed by atoms with Gasteiger partial charge in [0.15, 0.2) is 5.76 Å². The molecule has 0 aliphatic carbocycles. The number of nitrogens with zero attached hydrogens (tertiary/aromatic N) is 3. The first-order valence-electron chi connectivity index (χ1n) is 7.25. The maximum atomic E-state index is 12.6. The van der Waals surface area contributed by atoms with Crippen LogP contribution in [0.4, 0.5) is 0 Å². The Labute approximate surface area is 121 Å². The zero-order chi connectivity index (χ0) is 14.5. The highest BCUT2D eigenvalue weighted by Crippen LogP contribution is 2.18. The highest BCUT2D eigenvalue weighted by Gasteiger charge is 2.28. The Balaban J connectivity index is 2.05. The van der Waals surface area contributed by atoms with Crippen LogP contribution in [0.2, 0.25) is 0 Å². The number of amides is 1. The third-order valence-electron chi connectivity index (χ3n) is 3.91. The Hall–Kier alpha value is -1.33. The number of rotatable bonds is 5. The third kappa shape index (κ3) is 3.84. The van der Waals surface area contributed by atoms with Crippen LogP contribution in [0.3, 0.4) is 0 Å². The molecule has 112 valence electrons. The molecule has 2 heterocycles. The monoisotopic (exact) mass is 279 g/mol. The summed E-state index contributed by atoms with van der Waals surface area (Å²) in [6.07, 6.45) is 3.64. The van der Waals surface area contributed by atoms with Crippen LogP contribution in [0.5, 0.6) is 0 Å². The van der Waals surface area contributed by atoms with E-state index in [1.807, 2.05) is 19.0 Å². The zero-order valence-electron chi connectivity index (χ0n) is 12.7. The second-order valence-electron chi connectivity index (χ2n) is 5.81. The van der Waals surface area contributed by atoms with Gasteiger partial charge in [0.1, 0.15) is 0 Å². The number of hydrogen-bond acceptors (Lipinski definition) is 4. The van der Waals surface area contributed by atoms with Gasteiger partial charge in [-0.05, 0) is 59.2 Å². The lowest BCUT2D eigenvalue weighted by Gasteiger charge is -2.37. The van der Waals surface area contributed by atoms with Gasteiger partial charge in [-0.3, -0.25) is 4.79 Å². The molecule has 20 heavy (non-hydrogen) atoms. The average Bonchev–Trinajstić information content (AvgIpc) is 2.94. The lowest BCUT2D eigenvalue weighted by molar-refractivity contribution is 0.0543. The van der Waals surface area contributed by atoms with Gasteiger partial charge in [0.25, 0.3) is 5.91 Å². The molecule has 0 N–H and O–H groups in total. The highest BCUT2D eigenvalue weighted by molar-refractivity contribution is 5.91. The van der Waals surface area contributed by atoms with E-state index in [-0.39, 0.29) is 5.91 Å². The summed E-state index contributed by atoms with van der Waals surface area (Å²) in [6.45, 7) is 3.73. The van der Waals surface area contributed by atoms with Gasteiger partial charge >= 0.3 is 0 Å². The van der Waals surface area contributed by atoms with Crippen molar-refractivity contribution in [1.29, 1.82) is 0 Å². The average molecular weight is 279 g/mol. The number of likely N-dealkylation sites (N-methyl/N-ethyl adjacent to an activating group) is 1. The summed E-state index contributed by atoms with van der Waals surface area (Å²) >= 11 is 0. The number of hydrogen-bond donors (Lipinski definition) is 0. The van der Waals surface area contributed by atoms with Gasteiger partial charge in [0.2, 0.25) is 0 Å². The van der Waals surface area contributed by atoms with Crippen molar-refractivity contribution in [2.75, 3.05) is 47.3 Å². The molecule has 0 aromatic carbocycles. The minimum atomic E-state index is 0.0198. The molecule has 2 rings (SSSR count). The molecule has 1 aromatic rings. The third-order valence-corrected chi connectivity index (χ3v) is 3.91. The Morgan fingerprint density at radius 2 is 2.05 bits per heavy atom. The Morgan fingerprint density at radius 1 is 1.35 bits per heavy atom. The summed E-state index contributed by atoms with van der Waals surface area (Å²) in [4.78, 5) is 19.0. The van der Waals surface area contributed by atoms with Gasteiger partial charge in [-0.15, -0.1) is 0 Å². The minimum absolute atomic E-state index is 0.0198. The molecule has 1 aliphatic rings. The van der Waals surface area contributed by atoms with Crippen molar-refractivity contribution in [3.05, 3.63) is 24.2 Å². The van der Waals surface area contributed by atoms with E-state index < -0.39 is 0 Å². The molecular formula is C15H25N3O2. The van der Waals surface area contributed by atoms with E-state index in [9.17, 15) is 4.79 Å². The normalized spacial score (nSPS) is 17.6. The van der Waals surface area contributed by atoms with Crippen molar-refractivity contribution in [3.8, 4) is 0 Å². The van der Waals surface area contributed by atoms with Crippen LogP contribution in [0.1, 0.15) is 23.4 Å². The van der Waals surface area contributed by atoms with Gasteiger partial charge in [0.05, 0.1) is 6.26 Å². The van der Waals surface area contributed by atoms with Crippen LogP contribution in [-0.2, 0) is 0 Å². The highest BCUT2D eigenvalue weighted by atomic mass is 16.3. The van der Waals surface area contributed by atoms with Gasteiger partial charge in [-0.25, -0.2) is 0 Å². The van der Waals surface area contributed by atoms with E-state index in [2.05, 4.69) is 16.8 Å². The first-order valence-corrected chi connectivity index (χ1v) is 7.25. The van der Waals surface area contributed by atoms with Crippen LogP contribution in [0.25, 0.3) is 0 Å². The molecule has 1 aromatic heterocycles. The predicted molar refractivity (Wildman–Crippen MR) is 78.8 cm³/mol. The minimum Gasteiger partial charge on any atom is -0.459 e. The van der Waals surface area contributed by atoms with Crippen LogP contribution in [-0.4, -0.2) is 74.0 Å². The Kier molecular flexibility index (Phi) is 5.20. The fourth-order valence-corrected chi connectivity index (χ4v) is 2.61. The molecule has 0 bridgehead atoms. The van der Waals surface area contributed by atoms with Gasteiger partial charge < -0.3 is 19.1 Å². The maximum absolute atomic E-state index is 12.6. The Bertz CT molecular complexity index is 409. The fourth-order valence-electron chi connectivity index (χ4n) is 2.61.